The van der Waals surface area contributed by atoms with Crippen LogP contribution in [0.1, 0.15) is 11.1 Å². The Morgan fingerprint density at radius 3 is 2.76 bits per heavy atom. The fourth-order valence-electron chi connectivity index (χ4n) is 3.94. The van der Waals surface area contributed by atoms with Crippen LogP contribution in [0, 0.1) is 0 Å². The lowest BCUT2D eigenvalue weighted by atomic mass is 10.0. The zero-order valence-corrected chi connectivity index (χ0v) is 18.2. The number of fused-ring (bicyclic) bond motifs is 1. The van der Waals surface area contributed by atoms with Crippen molar-refractivity contribution in [2.75, 3.05) is 31.6 Å². The van der Waals surface area contributed by atoms with Crippen LogP contribution in [-0.2, 0) is 16.1 Å². The van der Waals surface area contributed by atoms with Crippen molar-refractivity contribution in [2.45, 2.75) is 6.54 Å². The number of pyridine rings is 2. The third-order valence-corrected chi connectivity index (χ3v) is 5.70. The minimum atomic E-state index is -0.184. The Bertz CT molecular complexity index is 1270. The van der Waals surface area contributed by atoms with Crippen molar-refractivity contribution in [3.8, 4) is 11.1 Å². The molecule has 0 unspecified atom stereocenters. The van der Waals surface area contributed by atoms with E-state index in [-0.39, 0.29) is 5.91 Å². The second-order valence-electron chi connectivity index (χ2n) is 7.98. The molecule has 7 heteroatoms. The molecule has 0 atom stereocenters. The maximum absolute atomic E-state index is 12.5. The van der Waals surface area contributed by atoms with Crippen molar-refractivity contribution in [3.05, 3.63) is 90.7 Å². The van der Waals surface area contributed by atoms with Crippen LogP contribution in [0.4, 0.5) is 5.69 Å². The highest BCUT2D eigenvalue weighted by molar-refractivity contribution is 6.02. The van der Waals surface area contributed by atoms with Crippen molar-refractivity contribution >= 4 is 23.3 Å². The van der Waals surface area contributed by atoms with Gasteiger partial charge in [-0.15, -0.1) is 0 Å². The van der Waals surface area contributed by atoms with Crippen LogP contribution in [0.5, 0.6) is 0 Å². The number of morpholine rings is 1. The number of nitrogens with zero attached hydrogens (tertiary/aromatic N) is 4. The lowest BCUT2D eigenvalue weighted by molar-refractivity contribution is -0.111. The molecule has 1 N–H and O–H groups in total. The first-order valence-electron chi connectivity index (χ1n) is 11.0. The molecule has 1 amide bonds. The van der Waals surface area contributed by atoms with E-state index in [1.54, 1.807) is 24.7 Å². The second kappa shape index (κ2) is 9.77. The average Bonchev–Trinajstić information content (AvgIpc) is 3.33. The molecule has 0 saturated carbocycles. The molecule has 0 spiro atoms. The fourth-order valence-corrected chi connectivity index (χ4v) is 3.94. The Labute approximate surface area is 192 Å². The number of ether oxygens (including phenoxy) is 1. The van der Waals surface area contributed by atoms with Crippen LogP contribution in [0.3, 0.4) is 0 Å². The molecule has 4 aromatic rings. The first-order chi connectivity index (χ1) is 16.2. The number of rotatable bonds is 6. The van der Waals surface area contributed by atoms with E-state index in [0.29, 0.717) is 0 Å². The first-order valence-corrected chi connectivity index (χ1v) is 11.0. The van der Waals surface area contributed by atoms with Gasteiger partial charge in [-0.2, -0.15) is 0 Å². The number of carbonyl (C=O) groups excluding carboxylic acids is 1. The standard InChI is InChI=1S/C26H25N5O2/c32-26(29-23-5-1-20(2-6-23)18-30-13-15-33-16-14-30)8-4-21-17-27-10-9-24(21)22-3-7-25-28-11-12-31(25)19-22/h1-12,17,19H,13-16,18H2,(H,29,32)/b8-4+. The molecule has 1 aromatic carbocycles. The Morgan fingerprint density at radius 1 is 1.06 bits per heavy atom. The molecule has 7 nitrogen and oxygen atoms in total. The molecule has 1 saturated heterocycles. The highest BCUT2D eigenvalue weighted by atomic mass is 16.5. The summed E-state index contributed by atoms with van der Waals surface area (Å²) in [6, 6.07) is 13.9. The molecule has 33 heavy (non-hydrogen) atoms. The van der Waals surface area contributed by atoms with Gasteiger partial charge in [0.05, 0.1) is 13.2 Å². The van der Waals surface area contributed by atoms with Crippen molar-refractivity contribution < 1.29 is 9.53 Å². The van der Waals surface area contributed by atoms with E-state index < -0.39 is 0 Å². The molecular formula is C26H25N5O2. The van der Waals surface area contributed by atoms with Gasteiger partial charge in [-0.3, -0.25) is 14.7 Å². The van der Waals surface area contributed by atoms with Crippen LogP contribution < -0.4 is 5.32 Å². The van der Waals surface area contributed by atoms with E-state index >= 15 is 0 Å². The minimum Gasteiger partial charge on any atom is -0.379 e. The maximum Gasteiger partial charge on any atom is 0.248 e. The molecule has 4 heterocycles. The van der Waals surface area contributed by atoms with Gasteiger partial charge in [0.15, 0.2) is 0 Å². The van der Waals surface area contributed by atoms with E-state index in [9.17, 15) is 4.79 Å². The smallest absolute Gasteiger partial charge is 0.248 e. The van der Waals surface area contributed by atoms with E-state index in [0.717, 1.165) is 60.9 Å². The quantitative estimate of drug-likeness (QED) is 0.462. The Kier molecular flexibility index (Phi) is 6.23. The number of amides is 1. The molecule has 166 valence electrons. The average molecular weight is 440 g/mol. The molecule has 1 fully saturated rings. The van der Waals surface area contributed by atoms with Gasteiger partial charge in [-0.05, 0) is 53.1 Å². The summed E-state index contributed by atoms with van der Waals surface area (Å²) in [4.78, 5) is 23.4. The predicted octanol–water partition coefficient (Wildman–Crippen LogP) is 3.88. The zero-order chi connectivity index (χ0) is 22.5. The molecule has 1 aliphatic heterocycles. The molecule has 0 bridgehead atoms. The van der Waals surface area contributed by atoms with Crippen LogP contribution in [0.25, 0.3) is 22.9 Å². The fraction of sp³-hybridized carbons (Fsp3) is 0.192. The van der Waals surface area contributed by atoms with Crippen molar-refractivity contribution in [2.24, 2.45) is 0 Å². The third-order valence-electron chi connectivity index (χ3n) is 5.70. The van der Waals surface area contributed by atoms with E-state index in [4.69, 9.17) is 4.74 Å². The summed E-state index contributed by atoms with van der Waals surface area (Å²) in [5.74, 6) is -0.184. The lowest BCUT2D eigenvalue weighted by Gasteiger charge is -2.26. The normalized spacial score (nSPS) is 14.7. The number of carbonyl (C=O) groups is 1. The van der Waals surface area contributed by atoms with Gasteiger partial charge in [0, 0.05) is 67.9 Å². The van der Waals surface area contributed by atoms with E-state index in [1.165, 1.54) is 11.6 Å². The van der Waals surface area contributed by atoms with Gasteiger partial charge in [-0.1, -0.05) is 12.1 Å². The highest BCUT2D eigenvalue weighted by Crippen LogP contribution is 2.24. The van der Waals surface area contributed by atoms with Gasteiger partial charge in [0.1, 0.15) is 5.65 Å². The van der Waals surface area contributed by atoms with E-state index in [1.807, 2.05) is 47.1 Å². The van der Waals surface area contributed by atoms with Gasteiger partial charge in [0.25, 0.3) is 0 Å². The topological polar surface area (TPSA) is 71.8 Å². The predicted molar refractivity (Wildman–Crippen MR) is 129 cm³/mol. The van der Waals surface area contributed by atoms with Gasteiger partial charge in [-0.25, -0.2) is 4.98 Å². The molecule has 5 rings (SSSR count). The van der Waals surface area contributed by atoms with E-state index in [2.05, 4.69) is 32.3 Å². The van der Waals surface area contributed by atoms with Crippen LogP contribution in [0.15, 0.2) is 79.5 Å². The number of nitrogens with one attached hydrogen (secondary N) is 1. The number of aromatic nitrogens is 3. The third kappa shape index (κ3) is 5.16. The minimum absolute atomic E-state index is 0.184. The maximum atomic E-state index is 12.5. The van der Waals surface area contributed by atoms with Crippen molar-refractivity contribution in [1.29, 1.82) is 0 Å². The summed E-state index contributed by atoms with van der Waals surface area (Å²) in [7, 11) is 0. The monoisotopic (exact) mass is 439 g/mol. The number of imidazole rings is 1. The Balaban J connectivity index is 1.25. The summed E-state index contributed by atoms with van der Waals surface area (Å²) in [6.45, 7) is 4.38. The SMILES string of the molecule is O=C(/C=C/c1cnccc1-c1ccc2nccn2c1)Nc1ccc(CN2CCOCC2)cc1. The molecule has 0 aliphatic carbocycles. The van der Waals surface area contributed by atoms with Gasteiger partial charge < -0.3 is 14.5 Å². The molecule has 3 aromatic heterocycles. The van der Waals surface area contributed by atoms with Gasteiger partial charge >= 0.3 is 0 Å². The summed E-state index contributed by atoms with van der Waals surface area (Å²) in [5.41, 5.74) is 5.77. The van der Waals surface area contributed by atoms with Crippen molar-refractivity contribution in [3.63, 3.8) is 0 Å². The molecular weight excluding hydrogens is 414 g/mol. The highest BCUT2D eigenvalue weighted by Gasteiger charge is 2.10. The zero-order valence-electron chi connectivity index (χ0n) is 18.2. The summed E-state index contributed by atoms with van der Waals surface area (Å²) in [5, 5.41) is 2.93. The van der Waals surface area contributed by atoms with Crippen molar-refractivity contribution in [1.82, 2.24) is 19.3 Å². The number of hydrogen-bond acceptors (Lipinski definition) is 5. The lowest BCUT2D eigenvalue weighted by Crippen LogP contribution is -2.35. The molecule has 0 radical (unpaired) electrons. The first kappa shape index (κ1) is 21.1. The summed E-state index contributed by atoms with van der Waals surface area (Å²) < 4.78 is 7.37. The van der Waals surface area contributed by atoms with Crippen LogP contribution in [0.2, 0.25) is 0 Å². The Hall–Kier alpha value is -3.81. The number of anilines is 1. The summed E-state index contributed by atoms with van der Waals surface area (Å²) in [6.07, 6.45) is 12.6. The van der Waals surface area contributed by atoms with Gasteiger partial charge in [0.2, 0.25) is 5.91 Å². The largest absolute Gasteiger partial charge is 0.379 e. The number of hydrogen-bond donors (Lipinski definition) is 1. The second-order valence-corrected chi connectivity index (χ2v) is 7.98. The van der Waals surface area contributed by atoms with Crippen LogP contribution >= 0.6 is 0 Å². The molecule has 1 aliphatic rings. The van der Waals surface area contributed by atoms with Crippen LogP contribution in [-0.4, -0.2) is 51.5 Å². The Morgan fingerprint density at radius 2 is 1.91 bits per heavy atom. The number of benzene rings is 1. The summed E-state index contributed by atoms with van der Waals surface area (Å²) >= 11 is 0.